The van der Waals surface area contributed by atoms with Gasteiger partial charge in [0.05, 0.1) is 30.0 Å². The van der Waals surface area contributed by atoms with E-state index >= 15 is 0 Å². The van der Waals surface area contributed by atoms with Crippen molar-refractivity contribution in [3.63, 3.8) is 0 Å². The molecule has 5 rings (SSSR count). The molecule has 0 saturated carbocycles. The quantitative estimate of drug-likeness (QED) is 0.214. The average molecular weight is 578 g/mol. The van der Waals surface area contributed by atoms with Crippen LogP contribution in [0, 0.1) is 0 Å². The van der Waals surface area contributed by atoms with Gasteiger partial charge in [0.2, 0.25) is 5.91 Å². The molecule has 9 nitrogen and oxygen atoms in total. The van der Waals surface area contributed by atoms with Crippen molar-refractivity contribution in [1.82, 2.24) is 14.6 Å². The minimum Gasteiger partial charge on any atom is -0.497 e. The van der Waals surface area contributed by atoms with Crippen LogP contribution in [0.2, 0.25) is 10.0 Å². The van der Waals surface area contributed by atoms with Crippen molar-refractivity contribution in [3.8, 4) is 45.4 Å². The monoisotopic (exact) mass is 577 g/mol. The van der Waals surface area contributed by atoms with E-state index < -0.39 is 5.91 Å². The number of nitrogen functional groups attached to an aromatic ring is 1. The lowest BCUT2D eigenvalue weighted by Crippen LogP contribution is -2.11. The zero-order valence-electron chi connectivity index (χ0n) is 21.7. The second-order valence-corrected chi connectivity index (χ2v) is 9.66. The number of ether oxygens (including phenoxy) is 3. The fourth-order valence-corrected chi connectivity index (χ4v) is 4.89. The Balaban J connectivity index is 1.72. The van der Waals surface area contributed by atoms with Gasteiger partial charge < -0.3 is 25.7 Å². The first-order chi connectivity index (χ1) is 19.3. The lowest BCUT2D eigenvalue weighted by Gasteiger charge is -2.14. The molecule has 40 heavy (non-hydrogen) atoms. The molecule has 0 aliphatic rings. The first kappa shape index (κ1) is 27.1. The summed E-state index contributed by atoms with van der Waals surface area (Å²) in [6.45, 7) is 0. The van der Waals surface area contributed by atoms with Crippen LogP contribution in [0.1, 0.15) is 12.0 Å². The molecule has 3 aromatic carbocycles. The van der Waals surface area contributed by atoms with Gasteiger partial charge in [-0.25, -0.2) is 9.50 Å². The van der Waals surface area contributed by atoms with Crippen LogP contribution in [0.4, 0.5) is 5.82 Å². The minimum absolute atomic E-state index is 0.115. The third-order valence-corrected chi connectivity index (χ3v) is 7.13. The van der Waals surface area contributed by atoms with E-state index in [4.69, 9.17) is 48.9 Å². The summed E-state index contributed by atoms with van der Waals surface area (Å²) in [6.07, 6.45) is 1.84. The summed E-state index contributed by atoms with van der Waals surface area (Å²) >= 11 is 12.2. The number of primary amides is 1. The summed E-state index contributed by atoms with van der Waals surface area (Å²) in [5, 5.41) is 5.32. The lowest BCUT2D eigenvalue weighted by atomic mass is 9.95. The number of hydrogen-bond acceptors (Lipinski definition) is 7. The number of benzene rings is 3. The van der Waals surface area contributed by atoms with Gasteiger partial charge in [0.1, 0.15) is 23.3 Å². The van der Waals surface area contributed by atoms with Gasteiger partial charge in [-0.2, -0.15) is 5.10 Å². The molecule has 0 unspecified atom stereocenters. The Morgan fingerprint density at radius 3 is 2.48 bits per heavy atom. The second-order valence-electron chi connectivity index (χ2n) is 8.85. The number of methoxy groups -OCH3 is 2. The van der Waals surface area contributed by atoms with Crippen molar-refractivity contribution >= 4 is 40.4 Å². The van der Waals surface area contributed by atoms with E-state index in [1.54, 1.807) is 43.0 Å². The largest absolute Gasteiger partial charge is 0.497 e. The fourth-order valence-electron chi connectivity index (χ4n) is 4.60. The van der Waals surface area contributed by atoms with Crippen molar-refractivity contribution < 1.29 is 19.0 Å². The number of carbonyl (C=O) groups is 1. The number of nitrogens with zero attached hydrogens (tertiary/aromatic N) is 3. The molecule has 0 atom stereocenters. The van der Waals surface area contributed by atoms with E-state index in [2.05, 4.69) is 10.1 Å². The van der Waals surface area contributed by atoms with Gasteiger partial charge in [0.15, 0.2) is 17.3 Å². The van der Waals surface area contributed by atoms with Crippen molar-refractivity contribution in [2.45, 2.75) is 12.8 Å². The molecule has 5 aromatic rings. The summed E-state index contributed by atoms with van der Waals surface area (Å²) in [4.78, 5) is 16.2. The van der Waals surface area contributed by atoms with E-state index in [0.717, 1.165) is 27.9 Å². The predicted molar refractivity (Wildman–Crippen MR) is 155 cm³/mol. The van der Waals surface area contributed by atoms with Crippen LogP contribution >= 0.6 is 23.2 Å². The Kier molecular flexibility index (Phi) is 7.68. The highest BCUT2D eigenvalue weighted by Gasteiger charge is 2.25. The Morgan fingerprint density at radius 1 is 0.925 bits per heavy atom. The highest BCUT2D eigenvalue weighted by Crippen LogP contribution is 2.44. The molecule has 0 aliphatic carbocycles. The standard InChI is InChI=1S/C29H25Cl2N5O4/c1-38-18-5-3-4-17(12-18)27-20(8-11-25(32)37)26(28-29(33)34-15-35-36(27)28)16-6-10-23(24(13-16)39-2)40-19-7-9-21(30)22(31)14-19/h3-7,9-10,12-15H,8,11H2,1-2H3,(H2,32,37)(H2,33,34,35). The molecule has 204 valence electrons. The minimum atomic E-state index is -0.431. The van der Waals surface area contributed by atoms with Crippen molar-refractivity contribution in [3.05, 3.63) is 82.6 Å². The molecule has 0 spiro atoms. The van der Waals surface area contributed by atoms with Gasteiger partial charge in [0.25, 0.3) is 0 Å². The molecule has 0 radical (unpaired) electrons. The molecule has 0 bridgehead atoms. The highest BCUT2D eigenvalue weighted by molar-refractivity contribution is 6.42. The van der Waals surface area contributed by atoms with Crippen molar-refractivity contribution in [1.29, 1.82) is 0 Å². The molecular formula is C29H25Cl2N5O4. The summed E-state index contributed by atoms with van der Waals surface area (Å²) in [6, 6.07) is 18.0. The zero-order valence-corrected chi connectivity index (χ0v) is 23.2. The topological polar surface area (TPSA) is 127 Å². The van der Waals surface area contributed by atoms with Crippen LogP contribution in [0.3, 0.4) is 0 Å². The smallest absolute Gasteiger partial charge is 0.217 e. The van der Waals surface area contributed by atoms with E-state index in [1.807, 2.05) is 36.4 Å². The zero-order chi connectivity index (χ0) is 28.4. The number of amides is 1. The van der Waals surface area contributed by atoms with Crippen molar-refractivity contribution in [2.24, 2.45) is 5.73 Å². The summed E-state index contributed by atoms with van der Waals surface area (Å²) in [5.41, 5.74) is 16.5. The maximum absolute atomic E-state index is 11.9. The number of nitrogens with two attached hydrogens (primary N) is 2. The molecule has 0 fully saturated rings. The van der Waals surface area contributed by atoms with Crippen LogP contribution in [-0.4, -0.2) is 34.7 Å². The van der Waals surface area contributed by atoms with E-state index in [9.17, 15) is 4.79 Å². The Labute approximate surface area is 240 Å². The van der Waals surface area contributed by atoms with E-state index in [0.29, 0.717) is 45.0 Å². The number of rotatable bonds is 9. The van der Waals surface area contributed by atoms with Crippen LogP contribution in [0.15, 0.2) is 67.0 Å². The second kappa shape index (κ2) is 11.3. The Bertz CT molecular complexity index is 1740. The van der Waals surface area contributed by atoms with Crippen molar-refractivity contribution in [2.75, 3.05) is 20.0 Å². The summed E-state index contributed by atoms with van der Waals surface area (Å²) < 4.78 is 18.9. The van der Waals surface area contributed by atoms with Crippen LogP contribution in [-0.2, 0) is 11.2 Å². The lowest BCUT2D eigenvalue weighted by molar-refractivity contribution is -0.117. The van der Waals surface area contributed by atoms with Gasteiger partial charge in [-0.1, -0.05) is 41.4 Å². The third kappa shape index (κ3) is 5.21. The van der Waals surface area contributed by atoms with Gasteiger partial charge in [-0.05, 0) is 53.9 Å². The van der Waals surface area contributed by atoms with Crippen LogP contribution in [0.5, 0.6) is 23.0 Å². The van der Waals surface area contributed by atoms with Gasteiger partial charge in [0, 0.05) is 23.6 Å². The predicted octanol–water partition coefficient (Wildman–Crippen LogP) is 6.18. The third-order valence-electron chi connectivity index (χ3n) is 6.39. The molecule has 2 aromatic heterocycles. The molecule has 2 heterocycles. The number of anilines is 1. The number of hydrogen-bond donors (Lipinski definition) is 2. The number of carbonyl (C=O) groups excluding carboxylic acids is 1. The Morgan fingerprint density at radius 2 is 1.75 bits per heavy atom. The molecule has 0 aliphatic heterocycles. The average Bonchev–Trinajstić information content (AvgIpc) is 3.29. The molecule has 0 saturated heterocycles. The van der Waals surface area contributed by atoms with Crippen LogP contribution in [0.25, 0.3) is 27.9 Å². The van der Waals surface area contributed by atoms with E-state index in [-0.39, 0.29) is 12.2 Å². The van der Waals surface area contributed by atoms with Gasteiger partial charge in [-0.3, -0.25) is 4.79 Å². The molecular weight excluding hydrogens is 553 g/mol. The SMILES string of the molecule is COc1cccc(-c2c(CCC(N)=O)c(-c3ccc(Oc4ccc(Cl)c(Cl)c4)c(OC)c3)c3c(N)ncnn23)c1. The number of fused-ring (bicyclic) bond motifs is 1. The summed E-state index contributed by atoms with van der Waals surface area (Å²) in [7, 11) is 3.15. The molecule has 4 N–H and O–H groups in total. The van der Waals surface area contributed by atoms with Gasteiger partial charge >= 0.3 is 0 Å². The molecule has 1 amide bonds. The van der Waals surface area contributed by atoms with E-state index in [1.165, 1.54) is 6.33 Å². The number of halogens is 2. The maximum atomic E-state index is 11.9. The number of aromatic nitrogens is 3. The first-order valence-corrected chi connectivity index (χ1v) is 12.9. The van der Waals surface area contributed by atoms with Crippen LogP contribution < -0.4 is 25.7 Å². The fraction of sp³-hybridized carbons (Fsp3) is 0.138. The highest BCUT2D eigenvalue weighted by atomic mass is 35.5. The van der Waals surface area contributed by atoms with Gasteiger partial charge in [-0.15, -0.1) is 0 Å². The first-order valence-electron chi connectivity index (χ1n) is 12.2. The molecule has 11 heteroatoms. The Hall–Kier alpha value is -4.47. The maximum Gasteiger partial charge on any atom is 0.217 e. The summed E-state index contributed by atoms with van der Waals surface area (Å²) in [5.74, 6) is 1.93. The normalized spacial score (nSPS) is 11.0.